The zero-order valence-electron chi connectivity index (χ0n) is 11.6. The van der Waals surface area contributed by atoms with Gasteiger partial charge in [0, 0.05) is 21.8 Å². The van der Waals surface area contributed by atoms with Gasteiger partial charge in [0.15, 0.2) is 0 Å². The van der Waals surface area contributed by atoms with Gasteiger partial charge in [0.05, 0.1) is 17.7 Å². The molecule has 0 radical (unpaired) electrons. The Labute approximate surface area is 123 Å². The number of benzene rings is 2. The van der Waals surface area contributed by atoms with Gasteiger partial charge in [-0.3, -0.25) is 0 Å². The van der Waals surface area contributed by atoms with Gasteiger partial charge in [-0.25, -0.2) is 4.79 Å². The van der Waals surface area contributed by atoms with E-state index in [0.29, 0.717) is 22.0 Å². The summed E-state index contributed by atoms with van der Waals surface area (Å²) in [5.74, 6) is -0.459. The monoisotopic (exact) mass is 307 g/mol. The Morgan fingerprint density at radius 3 is 2.36 bits per heavy atom. The molecule has 0 aliphatic heterocycles. The summed E-state index contributed by atoms with van der Waals surface area (Å²) in [6.45, 7) is 1.97. The second-order valence-electron chi connectivity index (χ2n) is 4.86. The van der Waals surface area contributed by atoms with Gasteiger partial charge in [-0.15, -0.1) is 0 Å². The Kier molecular flexibility index (Phi) is 3.31. The van der Waals surface area contributed by atoms with Gasteiger partial charge in [-0.1, -0.05) is 12.1 Å². The molecule has 3 rings (SSSR count). The summed E-state index contributed by atoms with van der Waals surface area (Å²) in [6, 6.07) is 8.44. The molecule has 1 heterocycles. The van der Waals surface area contributed by atoms with Crippen molar-refractivity contribution in [1.29, 1.82) is 0 Å². The summed E-state index contributed by atoms with van der Waals surface area (Å²) >= 11 is 0. The number of aromatic nitrogens is 1. The number of nitrogens with one attached hydrogen (secondary N) is 1. The predicted octanol–water partition coefficient (Wildman–Crippen LogP) is 4.52. The van der Waals surface area contributed by atoms with E-state index in [1.807, 2.05) is 0 Å². The van der Waals surface area contributed by atoms with Gasteiger partial charge in [0.2, 0.25) is 0 Å². The molecule has 2 aromatic carbocycles. The van der Waals surface area contributed by atoms with Crippen molar-refractivity contribution in [2.24, 2.45) is 0 Å². The molecule has 0 spiro atoms. The number of fused-ring (bicyclic) bond motifs is 3. The van der Waals surface area contributed by atoms with E-state index in [-0.39, 0.29) is 6.61 Å². The van der Waals surface area contributed by atoms with Gasteiger partial charge in [0.1, 0.15) is 0 Å². The first kappa shape index (κ1) is 14.4. The van der Waals surface area contributed by atoms with Crippen LogP contribution in [0.5, 0.6) is 0 Å². The maximum atomic E-state index is 12.8. The SMILES string of the molecule is CCOC(=O)c1ccc2c(c1)[nH]c1cc(C(F)(F)F)ccc12. The molecule has 0 atom stereocenters. The molecule has 0 bridgehead atoms. The van der Waals surface area contributed by atoms with Crippen LogP contribution in [0.15, 0.2) is 36.4 Å². The first-order valence-corrected chi connectivity index (χ1v) is 6.70. The van der Waals surface area contributed by atoms with Crippen molar-refractivity contribution in [2.45, 2.75) is 13.1 Å². The van der Waals surface area contributed by atoms with Crippen molar-refractivity contribution < 1.29 is 22.7 Å². The molecule has 1 N–H and O–H groups in total. The second-order valence-corrected chi connectivity index (χ2v) is 4.86. The number of hydrogen-bond donors (Lipinski definition) is 1. The number of alkyl halides is 3. The third-order valence-electron chi connectivity index (χ3n) is 3.44. The summed E-state index contributed by atoms with van der Waals surface area (Å²) in [7, 11) is 0. The fourth-order valence-electron chi connectivity index (χ4n) is 2.43. The predicted molar refractivity (Wildman–Crippen MR) is 76.8 cm³/mol. The van der Waals surface area contributed by atoms with E-state index in [4.69, 9.17) is 4.74 Å². The minimum atomic E-state index is -4.39. The van der Waals surface area contributed by atoms with Crippen LogP contribution in [0, 0.1) is 0 Å². The van der Waals surface area contributed by atoms with Gasteiger partial charge >= 0.3 is 12.1 Å². The molecule has 0 saturated carbocycles. The summed E-state index contributed by atoms with van der Waals surface area (Å²) in [5.41, 5.74) is 0.625. The lowest BCUT2D eigenvalue weighted by Crippen LogP contribution is -2.03. The van der Waals surface area contributed by atoms with Crippen LogP contribution in [0.2, 0.25) is 0 Å². The zero-order valence-corrected chi connectivity index (χ0v) is 11.6. The Morgan fingerprint density at radius 1 is 1.09 bits per heavy atom. The number of H-pyrrole nitrogens is 1. The number of hydrogen-bond acceptors (Lipinski definition) is 2. The highest BCUT2D eigenvalue weighted by Gasteiger charge is 2.30. The molecule has 0 amide bonds. The Hall–Kier alpha value is -2.50. The maximum Gasteiger partial charge on any atom is 0.416 e. The minimum absolute atomic E-state index is 0.262. The highest BCUT2D eigenvalue weighted by atomic mass is 19.4. The van der Waals surface area contributed by atoms with E-state index in [9.17, 15) is 18.0 Å². The van der Waals surface area contributed by atoms with Crippen molar-refractivity contribution in [3.63, 3.8) is 0 Å². The fourth-order valence-corrected chi connectivity index (χ4v) is 2.43. The topological polar surface area (TPSA) is 42.1 Å². The van der Waals surface area contributed by atoms with Crippen molar-refractivity contribution in [3.05, 3.63) is 47.5 Å². The number of ether oxygens (including phenoxy) is 1. The second kappa shape index (κ2) is 5.05. The number of halogens is 3. The van der Waals surface area contributed by atoms with Crippen LogP contribution < -0.4 is 0 Å². The Morgan fingerprint density at radius 2 is 1.73 bits per heavy atom. The lowest BCUT2D eigenvalue weighted by Gasteiger charge is -2.05. The molecule has 0 unspecified atom stereocenters. The van der Waals surface area contributed by atoms with Crippen LogP contribution in [0.1, 0.15) is 22.8 Å². The zero-order chi connectivity index (χ0) is 15.9. The molecule has 0 aliphatic carbocycles. The molecule has 6 heteroatoms. The lowest BCUT2D eigenvalue weighted by molar-refractivity contribution is -0.137. The average Bonchev–Trinajstić information content (AvgIpc) is 2.83. The number of carbonyl (C=O) groups excluding carboxylic acids is 1. The van der Waals surface area contributed by atoms with E-state index in [1.54, 1.807) is 25.1 Å². The molecule has 22 heavy (non-hydrogen) atoms. The van der Waals surface area contributed by atoms with E-state index in [0.717, 1.165) is 17.5 Å². The summed E-state index contributed by atoms with van der Waals surface area (Å²) < 4.78 is 43.2. The van der Waals surface area contributed by atoms with E-state index < -0.39 is 17.7 Å². The Bertz CT molecular complexity index is 865. The molecule has 0 saturated heterocycles. The molecule has 1 aromatic heterocycles. The van der Waals surface area contributed by atoms with E-state index in [2.05, 4.69) is 4.98 Å². The van der Waals surface area contributed by atoms with Crippen molar-refractivity contribution in [1.82, 2.24) is 4.98 Å². The van der Waals surface area contributed by atoms with Crippen LogP contribution >= 0.6 is 0 Å². The molecule has 3 aromatic rings. The highest BCUT2D eigenvalue weighted by Crippen LogP contribution is 2.33. The number of esters is 1. The molecule has 114 valence electrons. The molecular formula is C16H12F3NO2. The van der Waals surface area contributed by atoms with Gasteiger partial charge in [-0.2, -0.15) is 13.2 Å². The minimum Gasteiger partial charge on any atom is -0.462 e. The highest BCUT2D eigenvalue weighted by molar-refractivity contribution is 6.09. The Balaban J connectivity index is 2.14. The molecule has 3 nitrogen and oxygen atoms in total. The van der Waals surface area contributed by atoms with Crippen LogP contribution in [0.4, 0.5) is 13.2 Å². The average molecular weight is 307 g/mol. The van der Waals surface area contributed by atoms with Crippen LogP contribution in [0.3, 0.4) is 0 Å². The van der Waals surface area contributed by atoms with Gasteiger partial charge < -0.3 is 9.72 Å². The summed E-state index contributed by atoms with van der Waals surface area (Å²) in [5, 5.41) is 1.44. The normalized spacial score (nSPS) is 12.0. The lowest BCUT2D eigenvalue weighted by atomic mass is 10.1. The van der Waals surface area contributed by atoms with Gasteiger partial charge in [0.25, 0.3) is 0 Å². The van der Waals surface area contributed by atoms with Crippen LogP contribution in [0.25, 0.3) is 21.8 Å². The first-order chi connectivity index (χ1) is 10.4. The quantitative estimate of drug-likeness (QED) is 0.707. The summed E-state index contributed by atoms with van der Waals surface area (Å²) in [4.78, 5) is 14.6. The molecular weight excluding hydrogens is 295 g/mol. The third-order valence-corrected chi connectivity index (χ3v) is 3.44. The van der Waals surface area contributed by atoms with Crippen molar-refractivity contribution in [3.8, 4) is 0 Å². The van der Waals surface area contributed by atoms with Crippen LogP contribution in [-0.4, -0.2) is 17.6 Å². The van der Waals surface area contributed by atoms with Crippen LogP contribution in [-0.2, 0) is 10.9 Å². The van der Waals surface area contributed by atoms with Gasteiger partial charge in [-0.05, 0) is 31.2 Å². The van der Waals surface area contributed by atoms with E-state index in [1.165, 1.54) is 6.07 Å². The van der Waals surface area contributed by atoms with Crippen molar-refractivity contribution in [2.75, 3.05) is 6.61 Å². The van der Waals surface area contributed by atoms with E-state index >= 15 is 0 Å². The summed E-state index contributed by atoms with van der Waals surface area (Å²) in [6.07, 6.45) is -4.39. The molecule has 0 aliphatic rings. The largest absolute Gasteiger partial charge is 0.462 e. The number of rotatable bonds is 2. The standard InChI is InChI=1S/C16H12F3NO2/c1-2-22-15(21)9-3-5-11-12-6-4-10(16(17,18)19)8-14(12)20-13(11)7-9/h3-8,20H,2H2,1H3. The number of aromatic amines is 1. The number of carbonyl (C=O) groups is 1. The van der Waals surface area contributed by atoms with Crippen molar-refractivity contribution >= 4 is 27.8 Å². The molecule has 0 fully saturated rings. The first-order valence-electron chi connectivity index (χ1n) is 6.70. The fraction of sp³-hybridized carbons (Fsp3) is 0.188. The third kappa shape index (κ3) is 2.41. The smallest absolute Gasteiger partial charge is 0.416 e. The maximum absolute atomic E-state index is 12.8.